The minimum atomic E-state index is -0.372. The molecule has 1 fully saturated rings. The number of hydrazine groups is 1. The number of hydrogen-bond donors (Lipinski definition) is 3. The van der Waals surface area contributed by atoms with Gasteiger partial charge in [0.15, 0.2) is 5.01 Å². The molecule has 2 heterocycles. The predicted molar refractivity (Wildman–Crippen MR) is 71.0 cm³/mol. The first-order chi connectivity index (χ1) is 9.10. The van der Waals surface area contributed by atoms with Crippen molar-refractivity contribution in [2.75, 3.05) is 13.1 Å². The van der Waals surface area contributed by atoms with Crippen LogP contribution in [0.25, 0.3) is 0 Å². The third-order valence-corrected chi connectivity index (χ3v) is 4.14. The van der Waals surface area contributed by atoms with Crippen molar-refractivity contribution < 1.29 is 9.59 Å². The Morgan fingerprint density at radius 3 is 2.74 bits per heavy atom. The van der Waals surface area contributed by atoms with E-state index in [1.54, 1.807) is 0 Å². The highest BCUT2D eigenvalue weighted by molar-refractivity contribution is 7.11. The lowest BCUT2D eigenvalue weighted by atomic mass is 9.96. The maximum Gasteiger partial charge on any atom is 0.294 e. The van der Waals surface area contributed by atoms with Crippen LogP contribution in [0.3, 0.4) is 0 Å². The average molecular weight is 283 g/mol. The number of primary amides is 1. The molecule has 0 spiro atoms. The molecular formula is C11H17N5O2S. The van der Waals surface area contributed by atoms with Crippen LogP contribution < -0.4 is 17.0 Å². The molecule has 0 aliphatic carbocycles. The number of carbonyl (C=O) groups excluding carboxylic acids is 2. The van der Waals surface area contributed by atoms with Crippen molar-refractivity contribution in [1.29, 1.82) is 0 Å². The average Bonchev–Trinajstić information content (AvgIpc) is 2.87. The number of piperidine rings is 1. The van der Waals surface area contributed by atoms with Crippen molar-refractivity contribution in [3.63, 3.8) is 0 Å². The minimum Gasteiger partial charge on any atom is -0.369 e. The second-order valence-corrected chi connectivity index (χ2v) is 5.43. The predicted octanol–water partition coefficient (Wildman–Crippen LogP) is -0.556. The second-order valence-electron chi connectivity index (χ2n) is 4.57. The Bertz CT molecular complexity index is 467. The molecular weight excluding hydrogens is 266 g/mol. The number of thiazole rings is 1. The zero-order chi connectivity index (χ0) is 13.8. The number of nitrogens with one attached hydrogen (secondary N) is 1. The van der Waals surface area contributed by atoms with Gasteiger partial charge in [-0.15, -0.1) is 11.3 Å². The van der Waals surface area contributed by atoms with E-state index in [1.807, 2.05) is 5.38 Å². The van der Waals surface area contributed by atoms with E-state index in [-0.39, 0.29) is 17.7 Å². The molecule has 104 valence electrons. The molecule has 8 heteroatoms. The normalized spacial score (nSPS) is 17.3. The van der Waals surface area contributed by atoms with Gasteiger partial charge >= 0.3 is 0 Å². The van der Waals surface area contributed by atoms with E-state index in [1.165, 1.54) is 11.3 Å². The molecule has 5 N–H and O–H groups in total. The molecule has 0 bridgehead atoms. The Labute approximate surface area is 114 Å². The quantitative estimate of drug-likeness (QED) is 0.389. The van der Waals surface area contributed by atoms with Gasteiger partial charge in [0.2, 0.25) is 5.91 Å². The lowest BCUT2D eigenvalue weighted by molar-refractivity contribution is -0.123. The molecule has 0 saturated carbocycles. The molecule has 1 aromatic heterocycles. The Kier molecular flexibility index (Phi) is 4.46. The summed E-state index contributed by atoms with van der Waals surface area (Å²) in [5.41, 5.74) is 8.20. The summed E-state index contributed by atoms with van der Waals surface area (Å²) < 4.78 is 0. The number of nitrogens with two attached hydrogens (primary N) is 2. The van der Waals surface area contributed by atoms with Gasteiger partial charge in [0.1, 0.15) is 0 Å². The summed E-state index contributed by atoms with van der Waals surface area (Å²) in [7, 11) is 0. The maximum atomic E-state index is 11.3. The lowest BCUT2D eigenvalue weighted by Gasteiger charge is -2.29. The van der Waals surface area contributed by atoms with E-state index in [4.69, 9.17) is 11.6 Å². The largest absolute Gasteiger partial charge is 0.369 e. The van der Waals surface area contributed by atoms with Gasteiger partial charge in [-0.3, -0.25) is 19.9 Å². The van der Waals surface area contributed by atoms with Gasteiger partial charge < -0.3 is 5.73 Å². The van der Waals surface area contributed by atoms with Crippen LogP contribution in [0, 0.1) is 5.92 Å². The van der Waals surface area contributed by atoms with Crippen LogP contribution in [0.1, 0.15) is 28.3 Å². The van der Waals surface area contributed by atoms with E-state index in [0.717, 1.165) is 31.6 Å². The SMILES string of the molecule is NNC(=O)c1nc(CN2CCC(C(N)=O)CC2)cs1. The smallest absolute Gasteiger partial charge is 0.294 e. The highest BCUT2D eigenvalue weighted by Gasteiger charge is 2.23. The monoisotopic (exact) mass is 283 g/mol. The molecule has 0 atom stereocenters. The summed E-state index contributed by atoms with van der Waals surface area (Å²) in [6.45, 7) is 2.33. The Balaban J connectivity index is 1.87. The standard InChI is InChI=1S/C11H17N5O2S/c12-9(17)7-1-3-16(4-2-7)5-8-6-19-11(14-8)10(18)15-13/h6-7H,1-5,13H2,(H2,12,17)(H,15,18). The summed E-state index contributed by atoms with van der Waals surface area (Å²) in [6, 6.07) is 0. The van der Waals surface area contributed by atoms with Crippen molar-refractivity contribution >= 4 is 23.2 Å². The number of carbonyl (C=O) groups is 2. The van der Waals surface area contributed by atoms with Gasteiger partial charge in [-0.25, -0.2) is 10.8 Å². The second kappa shape index (κ2) is 6.09. The summed E-state index contributed by atoms with van der Waals surface area (Å²) in [5, 5.41) is 2.22. The number of nitrogens with zero attached hydrogens (tertiary/aromatic N) is 2. The number of rotatable bonds is 4. The molecule has 2 rings (SSSR count). The van der Waals surface area contributed by atoms with Crippen molar-refractivity contribution in [3.8, 4) is 0 Å². The van der Waals surface area contributed by atoms with Crippen LogP contribution in [0.15, 0.2) is 5.38 Å². The molecule has 0 unspecified atom stereocenters. The van der Waals surface area contributed by atoms with Crippen molar-refractivity contribution in [1.82, 2.24) is 15.3 Å². The summed E-state index contributed by atoms with van der Waals surface area (Å²) in [4.78, 5) is 28.8. The Morgan fingerprint density at radius 1 is 1.47 bits per heavy atom. The molecule has 2 amide bonds. The number of hydrogen-bond acceptors (Lipinski definition) is 6. The third kappa shape index (κ3) is 3.49. The van der Waals surface area contributed by atoms with Crippen LogP contribution in [-0.4, -0.2) is 34.8 Å². The van der Waals surface area contributed by atoms with Crippen molar-refractivity contribution in [2.45, 2.75) is 19.4 Å². The van der Waals surface area contributed by atoms with Crippen molar-refractivity contribution in [3.05, 3.63) is 16.1 Å². The van der Waals surface area contributed by atoms with Gasteiger partial charge in [0.05, 0.1) is 5.69 Å². The molecule has 1 aromatic rings. The van der Waals surface area contributed by atoms with E-state index >= 15 is 0 Å². The van der Waals surface area contributed by atoms with Gasteiger partial charge in [-0.1, -0.05) is 0 Å². The third-order valence-electron chi connectivity index (χ3n) is 3.25. The fourth-order valence-corrected chi connectivity index (χ4v) is 2.86. The Hall–Kier alpha value is -1.51. The molecule has 1 aliphatic heterocycles. The molecule has 19 heavy (non-hydrogen) atoms. The summed E-state index contributed by atoms with van der Waals surface area (Å²) in [6.07, 6.45) is 1.57. The van der Waals surface area contributed by atoms with E-state index in [9.17, 15) is 9.59 Å². The fraction of sp³-hybridized carbons (Fsp3) is 0.545. The lowest BCUT2D eigenvalue weighted by Crippen LogP contribution is -2.38. The molecule has 7 nitrogen and oxygen atoms in total. The minimum absolute atomic E-state index is 0.00902. The van der Waals surface area contributed by atoms with Gasteiger partial charge in [0.25, 0.3) is 5.91 Å². The van der Waals surface area contributed by atoms with Gasteiger partial charge in [-0.2, -0.15) is 0 Å². The number of likely N-dealkylation sites (tertiary alicyclic amines) is 1. The number of aromatic nitrogens is 1. The topological polar surface area (TPSA) is 114 Å². The number of amides is 2. The Morgan fingerprint density at radius 2 is 2.16 bits per heavy atom. The van der Waals surface area contributed by atoms with Crippen LogP contribution >= 0.6 is 11.3 Å². The first-order valence-corrected chi connectivity index (χ1v) is 6.95. The van der Waals surface area contributed by atoms with Crippen molar-refractivity contribution in [2.24, 2.45) is 17.5 Å². The van der Waals surface area contributed by atoms with Crippen LogP contribution in [-0.2, 0) is 11.3 Å². The van der Waals surface area contributed by atoms with E-state index < -0.39 is 0 Å². The maximum absolute atomic E-state index is 11.3. The van der Waals surface area contributed by atoms with Crippen LogP contribution in [0.4, 0.5) is 0 Å². The van der Waals surface area contributed by atoms with E-state index in [2.05, 4.69) is 15.3 Å². The zero-order valence-corrected chi connectivity index (χ0v) is 11.3. The highest BCUT2D eigenvalue weighted by Crippen LogP contribution is 2.19. The van der Waals surface area contributed by atoms with Gasteiger partial charge in [-0.05, 0) is 25.9 Å². The van der Waals surface area contributed by atoms with Crippen LogP contribution in [0.2, 0.25) is 0 Å². The van der Waals surface area contributed by atoms with Crippen LogP contribution in [0.5, 0.6) is 0 Å². The first-order valence-electron chi connectivity index (χ1n) is 6.07. The number of nitrogen functional groups attached to an aromatic ring is 1. The molecule has 0 aromatic carbocycles. The molecule has 1 aliphatic rings. The first kappa shape index (κ1) is 13.9. The molecule has 0 radical (unpaired) electrons. The molecule has 1 saturated heterocycles. The summed E-state index contributed by atoms with van der Waals surface area (Å²) >= 11 is 1.27. The fourth-order valence-electron chi connectivity index (χ4n) is 2.15. The van der Waals surface area contributed by atoms with E-state index in [0.29, 0.717) is 11.6 Å². The summed E-state index contributed by atoms with van der Waals surface area (Å²) in [5.74, 6) is 4.46. The van der Waals surface area contributed by atoms with Gasteiger partial charge in [0, 0.05) is 17.8 Å². The zero-order valence-electron chi connectivity index (χ0n) is 10.5. The highest BCUT2D eigenvalue weighted by atomic mass is 32.1.